The predicted octanol–water partition coefficient (Wildman–Crippen LogP) is 3.44. The molecule has 0 heterocycles. The number of esters is 1. The van der Waals surface area contributed by atoms with Crippen molar-refractivity contribution in [3.8, 4) is 0 Å². The molecule has 0 aliphatic heterocycles. The third-order valence-electron chi connectivity index (χ3n) is 2.18. The van der Waals surface area contributed by atoms with Gasteiger partial charge in [-0.25, -0.2) is 0 Å². The monoisotopic (exact) mass is 228 g/mol. The van der Waals surface area contributed by atoms with Gasteiger partial charge in [-0.1, -0.05) is 31.9 Å². The van der Waals surface area contributed by atoms with E-state index in [2.05, 4.69) is 13.0 Å². The van der Waals surface area contributed by atoms with Gasteiger partial charge in [-0.2, -0.15) is 0 Å². The number of hydrogen-bond donors (Lipinski definition) is 0. The maximum absolute atomic E-state index is 11.2. The highest BCUT2D eigenvalue weighted by Gasteiger charge is 2.00. The highest BCUT2D eigenvalue weighted by atomic mass is 16.7. The van der Waals surface area contributed by atoms with E-state index in [1.807, 2.05) is 13.0 Å². The van der Waals surface area contributed by atoms with Crippen LogP contribution in [0.4, 0.5) is 0 Å². The Labute approximate surface area is 98.8 Å². The molecule has 0 aromatic heterocycles. The number of rotatable bonds is 10. The zero-order chi connectivity index (χ0) is 12.1. The first-order valence-corrected chi connectivity index (χ1v) is 6.15. The Morgan fingerprint density at radius 2 is 2.06 bits per heavy atom. The molecular weight excluding hydrogens is 204 g/mol. The molecule has 0 saturated carbocycles. The molecule has 16 heavy (non-hydrogen) atoms. The fraction of sp³-hybridized carbons (Fsp3) is 0.769. The van der Waals surface area contributed by atoms with Crippen molar-refractivity contribution in [1.29, 1.82) is 0 Å². The Bertz CT molecular complexity index is 188. The van der Waals surface area contributed by atoms with E-state index in [0.29, 0.717) is 13.0 Å². The van der Waals surface area contributed by atoms with E-state index < -0.39 is 0 Å². The third-order valence-corrected chi connectivity index (χ3v) is 2.18. The summed E-state index contributed by atoms with van der Waals surface area (Å²) in [5.41, 5.74) is 0. The van der Waals surface area contributed by atoms with Gasteiger partial charge in [0.15, 0.2) is 6.79 Å². The standard InChI is InChI=1S/C13H24O3/c1-3-5-7-8-10-13(14)16-12-15-11-9-6-4-2/h3,5H,4,6-12H2,1-2H3. The maximum atomic E-state index is 11.2. The molecule has 3 heteroatoms. The highest BCUT2D eigenvalue weighted by Crippen LogP contribution is 1.99. The average Bonchev–Trinajstić information content (AvgIpc) is 2.29. The van der Waals surface area contributed by atoms with E-state index in [-0.39, 0.29) is 12.8 Å². The van der Waals surface area contributed by atoms with Crippen molar-refractivity contribution in [3.63, 3.8) is 0 Å². The molecule has 0 aliphatic carbocycles. The van der Waals surface area contributed by atoms with Crippen LogP contribution >= 0.6 is 0 Å². The van der Waals surface area contributed by atoms with E-state index >= 15 is 0 Å². The van der Waals surface area contributed by atoms with Crippen molar-refractivity contribution in [2.75, 3.05) is 13.4 Å². The molecule has 0 N–H and O–H groups in total. The summed E-state index contributed by atoms with van der Waals surface area (Å²) in [7, 11) is 0. The second kappa shape index (κ2) is 12.2. The molecule has 0 bridgehead atoms. The van der Waals surface area contributed by atoms with Gasteiger partial charge in [0, 0.05) is 6.42 Å². The molecule has 0 rings (SSSR count). The minimum Gasteiger partial charge on any atom is -0.438 e. The number of ether oxygens (including phenoxy) is 2. The highest BCUT2D eigenvalue weighted by molar-refractivity contribution is 5.69. The Hall–Kier alpha value is -0.830. The Morgan fingerprint density at radius 1 is 1.25 bits per heavy atom. The Balaban J connectivity index is 3.17. The minimum absolute atomic E-state index is 0.103. The van der Waals surface area contributed by atoms with Crippen LogP contribution < -0.4 is 0 Å². The van der Waals surface area contributed by atoms with Gasteiger partial charge in [0.1, 0.15) is 0 Å². The zero-order valence-corrected chi connectivity index (χ0v) is 10.5. The molecule has 94 valence electrons. The van der Waals surface area contributed by atoms with Gasteiger partial charge in [0.05, 0.1) is 6.61 Å². The van der Waals surface area contributed by atoms with Crippen molar-refractivity contribution >= 4 is 5.97 Å². The van der Waals surface area contributed by atoms with E-state index in [0.717, 1.165) is 25.7 Å². The van der Waals surface area contributed by atoms with Crippen LogP contribution in [0, 0.1) is 0 Å². The maximum Gasteiger partial charge on any atom is 0.307 e. The first-order chi connectivity index (χ1) is 7.81. The lowest BCUT2D eigenvalue weighted by Gasteiger charge is -2.05. The van der Waals surface area contributed by atoms with Crippen LogP contribution in [0.3, 0.4) is 0 Å². The van der Waals surface area contributed by atoms with E-state index in [4.69, 9.17) is 9.47 Å². The van der Waals surface area contributed by atoms with Crippen LogP contribution in [0.2, 0.25) is 0 Å². The van der Waals surface area contributed by atoms with Crippen LogP contribution in [0.1, 0.15) is 52.4 Å². The first kappa shape index (κ1) is 15.2. The molecule has 0 aromatic carbocycles. The SMILES string of the molecule is CC=CCCCC(=O)OCOCCCCC. The molecule has 0 unspecified atom stereocenters. The molecule has 0 spiro atoms. The fourth-order valence-electron chi connectivity index (χ4n) is 1.22. The topological polar surface area (TPSA) is 35.5 Å². The molecule has 0 atom stereocenters. The van der Waals surface area contributed by atoms with Gasteiger partial charge in [-0.15, -0.1) is 0 Å². The summed E-state index contributed by atoms with van der Waals surface area (Å²) in [5.74, 6) is -0.167. The first-order valence-electron chi connectivity index (χ1n) is 6.15. The largest absolute Gasteiger partial charge is 0.438 e. The molecule has 0 amide bonds. The fourth-order valence-corrected chi connectivity index (χ4v) is 1.22. The summed E-state index contributed by atoms with van der Waals surface area (Å²) in [4.78, 5) is 11.2. The Morgan fingerprint density at radius 3 is 2.75 bits per heavy atom. The van der Waals surface area contributed by atoms with E-state index in [9.17, 15) is 4.79 Å². The molecule has 0 aliphatic rings. The number of unbranched alkanes of at least 4 members (excludes halogenated alkanes) is 3. The van der Waals surface area contributed by atoms with Gasteiger partial charge >= 0.3 is 5.97 Å². The second-order valence-electron chi connectivity index (χ2n) is 3.71. The molecule has 0 aromatic rings. The zero-order valence-electron chi connectivity index (χ0n) is 10.5. The molecule has 3 nitrogen and oxygen atoms in total. The summed E-state index contributed by atoms with van der Waals surface area (Å²) in [6.07, 6.45) is 9.67. The van der Waals surface area contributed by atoms with Gasteiger partial charge in [0.25, 0.3) is 0 Å². The number of hydrogen-bond acceptors (Lipinski definition) is 3. The van der Waals surface area contributed by atoms with Gasteiger partial charge in [0.2, 0.25) is 0 Å². The molecule has 0 saturated heterocycles. The van der Waals surface area contributed by atoms with Crippen molar-refractivity contribution < 1.29 is 14.3 Å². The lowest BCUT2D eigenvalue weighted by molar-refractivity contribution is -0.156. The van der Waals surface area contributed by atoms with Crippen LogP contribution in [-0.4, -0.2) is 19.4 Å². The number of allylic oxidation sites excluding steroid dienone is 2. The third kappa shape index (κ3) is 11.2. The predicted molar refractivity (Wildman–Crippen MR) is 65.1 cm³/mol. The van der Waals surface area contributed by atoms with Gasteiger partial charge < -0.3 is 9.47 Å². The smallest absolute Gasteiger partial charge is 0.307 e. The molecular formula is C13H24O3. The van der Waals surface area contributed by atoms with Crippen molar-refractivity contribution in [2.45, 2.75) is 52.4 Å². The van der Waals surface area contributed by atoms with Crippen molar-refractivity contribution in [3.05, 3.63) is 12.2 Å². The van der Waals surface area contributed by atoms with Gasteiger partial charge in [-0.05, 0) is 26.2 Å². The minimum atomic E-state index is -0.167. The van der Waals surface area contributed by atoms with Crippen LogP contribution in [0.15, 0.2) is 12.2 Å². The van der Waals surface area contributed by atoms with Crippen LogP contribution in [-0.2, 0) is 14.3 Å². The Kier molecular flexibility index (Phi) is 11.6. The lowest BCUT2D eigenvalue weighted by Crippen LogP contribution is -2.08. The molecule has 0 radical (unpaired) electrons. The van der Waals surface area contributed by atoms with Crippen LogP contribution in [0.25, 0.3) is 0 Å². The average molecular weight is 228 g/mol. The quantitative estimate of drug-likeness (QED) is 0.249. The van der Waals surface area contributed by atoms with E-state index in [1.165, 1.54) is 6.42 Å². The summed E-state index contributed by atoms with van der Waals surface area (Å²) in [6.45, 7) is 4.90. The number of carbonyl (C=O) groups is 1. The van der Waals surface area contributed by atoms with E-state index in [1.54, 1.807) is 0 Å². The van der Waals surface area contributed by atoms with Gasteiger partial charge in [-0.3, -0.25) is 4.79 Å². The molecule has 0 fully saturated rings. The van der Waals surface area contributed by atoms with Crippen molar-refractivity contribution in [1.82, 2.24) is 0 Å². The summed E-state index contributed by atoms with van der Waals surface area (Å²) in [6, 6.07) is 0. The summed E-state index contributed by atoms with van der Waals surface area (Å²) >= 11 is 0. The number of carbonyl (C=O) groups excluding carboxylic acids is 1. The second-order valence-corrected chi connectivity index (χ2v) is 3.71. The van der Waals surface area contributed by atoms with Crippen LogP contribution in [0.5, 0.6) is 0 Å². The summed E-state index contributed by atoms with van der Waals surface area (Å²) < 4.78 is 10.1. The summed E-state index contributed by atoms with van der Waals surface area (Å²) in [5, 5.41) is 0. The van der Waals surface area contributed by atoms with Crippen molar-refractivity contribution in [2.24, 2.45) is 0 Å². The lowest BCUT2D eigenvalue weighted by atomic mass is 10.2. The normalized spacial score (nSPS) is 10.9.